The lowest BCUT2D eigenvalue weighted by Crippen LogP contribution is -2.15. The van der Waals surface area contributed by atoms with E-state index in [-0.39, 0.29) is 5.41 Å². The first-order chi connectivity index (χ1) is 26.5. The summed E-state index contributed by atoms with van der Waals surface area (Å²) < 4.78 is 6.66. The van der Waals surface area contributed by atoms with E-state index in [9.17, 15) is 0 Å². The van der Waals surface area contributed by atoms with E-state index in [1.807, 2.05) is 0 Å². The fourth-order valence-electron chi connectivity index (χ4n) is 9.70. The highest BCUT2D eigenvalue weighted by atomic mass is 16.5. The van der Waals surface area contributed by atoms with Crippen LogP contribution in [0.3, 0.4) is 0 Å². The first-order valence-corrected chi connectivity index (χ1v) is 18.9. The van der Waals surface area contributed by atoms with Crippen molar-refractivity contribution in [3.63, 3.8) is 0 Å². The lowest BCUT2D eigenvalue weighted by molar-refractivity contribution is 0.487. The molecule has 10 aromatic carbocycles. The summed E-state index contributed by atoms with van der Waals surface area (Å²) in [5.41, 5.74) is 15.0. The molecule has 0 radical (unpaired) electrons. The second-order valence-corrected chi connectivity index (χ2v) is 15.7. The monoisotopic (exact) mass is 686 g/mol. The van der Waals surface area contributed by atoms with Gasteiger partial charge in [-0.3, -0.25) is 0 Å². The summed E-state index contributed by atoms with van der Waals surface area (Å²) in [5, 5.41) is 10.3. The minimum atomic E-state index is -0.155. The summed E-state index contributed by atoms with van der Waals surface area (Å²) >= 11 is 0. The minimum absolute atomic E-state index is 0.155. The number of hydrogen-bond acceptors (Lipinski definition) is 1. The third-order valence-corrected chi connectivity index (χ3v) is 12.4. The first kappa shape index (κ1) is 29.8. The van der Waals surface area contributed by atoms with Gasteiger partial charge in [-0.2, -0.15) is 0 Å². The summed E-state index contributed by atoms with van der Waals surface area (Å²) in [6, 6.07) is 62.9. The van der Waals surface area contributed by atoms with Crippen LogP contribution in [0.4, 0.5) is 0 Å². The molecule has 0 spiro atoms. The van der Waals surface area contributed by atoms with Crippen molar-refractivity contribution >= 4 is 43.1 Å². The van der Waals surface area contributed by atoms with Crippen molar-refractivity contribution in [1.29, 1.82) is 0 Å². The average molecular weight is 687 g/mol. The van der Waals surface area contributed by atoms with Crippen molar-refractivity contribution in [1.82, 2.24) is 0 Å². The van der Waals surface area contributed by atoms with E-state index in [2.05, 4.69) is 184 Å². The molecule has 0 fully saturated rings. The maximum Gasteiger partial charge on any atom is 0.135 e. The van der Waals surface area contributed by atoms with E-state index in [1.54, 1.807) is 0 Å². The van der Waals surface area contributed by atoms with Crippen molar-refractivity contribution in [2.75, 3.05) is 0 Å². The molecule has 0 saturated carbocycles. The standard InChI is InChI=1S/C53H34O/c1-53(2)46-28-34(39-26-37-16-14-32-10-6-11-33-15-17-38(27-39)51(37)50(32)33)18-21-41(46)42-22-20-36(29-47(42)53)40-24-25-48-52-44(40)12-7-13-45(52)43-23-19-35(30-49(43)54-48)31-8-4-3-5-9-31/h3-30H,1-2H3. The molecule has 10 aromatic rings. The molecule has 1 aliphatic carbocycles. The molecule has 0 atom stereocenters. The summed E-state index contributed by atoms with van der Waals surface area (Å²) in [6.45, 7) is 4.77. The molecule has 1 aliphatic heterocycles. The van der Waals surface area contributed by atoms with Gasteiger partial charge >= 0.3 is 0 Å². The molecule has 12 rings (SSSR count). The van der Waals surface area contributed by atoms with Crippen LogP contribution in [0.2, 0.25) is 0 Å². The zero-order valence-corrected chi connectivity index (χ0v) is 30.1. The van der Waals surface area contributed by atoms with Crippen molar-refractivity contribution in [2.45, 2.75) is 19.3 Å². The predicted octanol–water partition coefficient (Wildman–Crippen LogP) is 14.8. The molecule has 0 unspecified atom stereocenters. The summed E-state index contributed by atoms with van der Waals surface area (Å²) in [4.78, 5) is 0. The van der Waals surface area contributed by atoms with E-state index < -0.39 is 0 Å². The molecule has 1 nitrogen and oxygen atoms in total. The van der Waals surface area contributed by atoms with Gasteiger partial charge in [0, 0.05) is 16.4 Å². The molecule has 0 N–H and O–H groups in total. The van der Waals surface area contributed by atoms with Crippen LogP contribution in [0.1, 0.15) is 25.0 Å². The number of hydrogen-bond donors (Lipinski definition) is 0. The van der Waals surface area contributed by atoms with Crippen molar-refractivity contribution < 1.29 is 4.74 Å². The summed E-state index contributed by atoms with van der Waals surface area (Å²) in [6.07, 6.45) is 0. The Hall–Kier alpha value is -6.70. The second-order valence-electron chi connectivity index (χ2n) is 15.7. The fraction of sp³-hybridized carbons (Fsp3) is 0.0566. The minimum Gasteiger partial charge on any atom is -0.456 e. The quantitative estimate of drug-likeness (QED) is 0.168. The Balaban J connectivity index is 0.940. The van der Waals surface area contributed by atoms with Gasteiger partial charge in [-0.25, -0.2) is 0 Å². The van der Waals surface area contributed by atoms with Crippen LogP contribution in [0.5, 0.6) is 11.5 Å². The van der Waals surface area contributed by atoms with Gasteiger partial charge in [0.15, 0.2) is 0 Å². The lowest BCUT2D eigenvalue weighted by atomic mass is 9.80. The average Bonchev–Trinajstić information content (AvgIpc) is 3.44. The zero-order valence-electron chi connectivity index (χ0n) is 30.1. The number of rotatable bonds is 3. The molecule has 0 aromatic heterocycles. The molecule has 2 aliphatic rings. The van der Waals surface area contributed by atoms with E-state index in [4.69, 9.17) is 4.74 Å². The smallest absolute Gasteiger partial charge is 0.135 e. The molecule has 1 heterocycles. The van der Waals surface area contributed by atoms with Crippen molar-refractivity contribution in [3.05, 3.63) is 181 Å². The van der Waals surface area contributed by atoms with Crippen LogP contribution in [0, 0.1) is 0 Å². The van der Waals surface area contributed by atoms with Crippen LogP contribution in [-0.2, 0) is 5.41 Å². The van der Waals surface area contributed by atoms with Gasteiger partial charge in [0.05, 0.1) is 0 Å². The Bertz CT molecular complexity index is 3140. The van der Waals surface area contributed by atoms with E-state index in [0.717, 1.165) is 22.6 Å². The molecular formula is C53H34O. The topological polar surface area (TPSA) is 9.23 Å². The van der Waals surface area contributed by atoms with Gasteiger partial charge in [-0.05, 0) is 141 Å². The van der Waals surface area contributed by atoms with Gasteiger partial charge in [-0.15, -0.1) is 0 Å². The number of fused-ring (bicyclic) bond motifs is 5. The van der Waals surface area contributed by atoms with Crippen LogP contribution in [0.25, 0.3) is 98.7 Å². The normalized spacial score (nSPS) is 13.7. The van der Waals surface area contributed by atoms with Crippen LogP contribution < -0.4 is 4.74 Å². The summed E-state index contributed by atoms with van der Waals surface area (Å²) in [7, 11) is 0. The van der Waals surface area contributed by atoms with Gasteiger partial charge in [0.25, 0.3) is 0 Å². The van der Waals surface area contributed by atoms with Crippen LogP contribution in [-0.4, -0.2) is 0 Å². The Labute approximate surface area is 314 Å². The van der Waals surface area contributed by atoms with Gasteiger partial charge in [0.1, 0.15) is 11.5 Å². The second kappa shape index (κ2) is 10.7. The molecule has 0 bridgehead atoms. The van der Waals surface area contributed by atoms with Crippen LogP contribution in [0.15, 0.2) is 170 Å². The molecule has 0 saturated heterocycles. The SMILES string of the molecule is CC1(C)c2cc(-c3cc4ccc5cccc6ccc(c3)c4c56)ccc2-c2ccc(-c3ccc4c5c(cccc35)-c3ccc(-c5ccccc5)cc3O4)cc21. The van der Waals surface area contributed by atoms with Crippen molar-refractivity contribution in [3.8, 4) is 67.1 Å². The predicted molar refractivity (Wildman–Crippen MR) is 227 cm³/mol. The maximum atomic E-state index is 6.66. The molecular weight excluding hydrogens is 653 g/mol. The van der Waals surface area contributed by atoms with E-state index in [0.29, 0.717) is 0 Å². The molecule has 54 heavy (non-hydrogen) atoms. The Morgan fingerprint density at radius 2 is 0.926 bits per heavy atom. The lowest BCUT2D eigenvalue weighted by Gasteiger charge is -2.24. The number of benzene rings is 10. The summed E-state index contributed by atoms with van der Waals surface area (Å²) in [5.74, 6) is 1.82. The van der Waals surface area contributed by atoms with Crippen LogP contribution >= 0.6 is 0 Å². The third-order valence-electron chi connectivity index (χ3n) is 12.4. The van der Waals surface area contributed by atoms with E-state index in [1.165, 1.54) is 98.7 Å². The number of ether oxygens (including phenoxy) is 1. The molecule has 0 amide bonds. The Morgan fingerprint density at radius 1 is 0.333 bits per heavy atom. The van der Waals surface area contributed by atoms with E-state index >= 15 is 0 Å². The Morgan fingerprint density at radius 3 is 1.67 bits per heavy atom. The maximum absolute atomic E-state index is 6.66. The van der Waals surface area contributed by atoms with Crippen molar-refractivity contribution in [2.24, 2.45) is 0 Å². The largest absolute Gasteiger partial charge is 0.456 e. The highest BCUT2D eigenvalue weighted by Gasteiger charge is 2.36. The molecule has 252 valence electrons. The highest BCUT2D eigenvalue weighted by molar-refractivity contribution is 6.23. The third kappa shape index (κ3) is 4.10. The zero-order chi connectivity index (χ0) is 35.7. The highest BCUT2D eigenvalue weighted by Crippen LogP contribution is 2.53. The van der Waals surface area contributed by atoms with Gasteiger partial charge in [-0.1, -0.05) is 141 Å². The van der Waals surface area contributed by atoms with Gasteiger partial charge in [0.2, 0.25) is 0 Å². The first-order valence-electron chi connectivity index (χ1n) is 18.9. The fourth-order valence-corrected chi connectivity index (χ4v) is 9.70. The molecule has 1 heteroatoms. The Kier molecular flexibility index (Phi) is 5.90. The van der Waals surface area contributed by atoms with Gasteiger partial charge < -0.3 is 4.74 Å².